The van der Waals surface area contributed by atoms with Gasteiger partial charge in [-0.15, -0.1) is 0 Å². The Hall–Kier alpha value is -1.36. The fourth-order valence-electron chi connectivity index (χ4n) is 2.16. The lowest BCUT2D eigenvalue weighted by Gasteiger charge is -2.13. The fourth-order valence-corrected chi connectivity index (χ4v) is 2.16. The quantitative estimate of drug-likeness (QED) is 0.706. The van der Waals surface area contributed by atoms with Gasteiger partial charge in [-0.3, -0.25) is 9.48 Å². The van der Waals surface area contributed by atoms with Gasteiger partial charge in [-0.1, -0.05) is 13.3 Å². The van der Waals surface area contributed by atoms with E-state index in [2.05, 4.69) is 17.3 Å². The maximum atomic E-state index is 11.7. The molecule has 0 saturated carbocycles. The predicted molar refractivity (Wildman–Crippen MR) is 76.6 cm³/mol. The van der Waals surface area contributed by atoms with E-state index in [0.29, 0.717) is 25.4 Å². The van der Waals surface area contributed by atoms with Gasteiger partial charge >= 0.3 is 0 Å². The van der Waals surface area contributed by atoms with Crippen LogP contribution < -0.4 is 11.1 Å². The molecule has 5 heteroatoms. The molecule has 1 aromatic rings. The van der Waals surface area contributed by atoms with Gasteiger partial charge in [0.05, 0.1) is 6.20 Å². The highest BCUT2D eigenvalue weighted by Crippen LogP contribution is 2.14. The van der Waals surface area contributed by atoms with Gasteiger partial charge in [-0.2, -0.15) is 5.10 Å². The van der Waals surface area contributed by atoms with Crippen molar-refractivity contribution in [2.24, 2.45) is 18.7 Å². The summed E-state index contributed by atoms with van der Waals surface area (Å²) in [5.41, 5.74) is 6.70. The Morgan fingerprint density at radius 3 is 2.89 bits per heavy atom. The molecular weight excluding hydrogens is 240 g/mol. The second-order valence-electron chi connectivity index (χ2n) is 5.01. The first-order valence-corrected chi connectivity index (χ1v) is 7.10. The first-order valence-electron chi connectivity index (χ1n) is 7.10. The summed E-state index contributed by atoms with van der Waals surface area (Å²) in [6.45, 7) is 3.54. The summed E-state index contributed by atoms with van der Waals surface area (Å²) in [5, 5.41) is 7.05. The molecule has 0 bridgehead atoms. The van der Waals surface area contributed by atoms with Gasteiger partial charge < -0.3 is 11.1 Å². The van der Waals surface area contributed by atoms with Gasteiger partial charge in [-0.05, 0) is 37.3 Å². The first kappa shape index (κ1) is 15.7. The highest BCUT2D eigenvalue weighted by Gasteiger charge is 2.08. The van der Waals surface area contributed by atoms with E-state index < -0.39 is 0 Å². The van der Waals surface area contributed by atoms with Crippen LogP contribution in [0.25, 0.3) is 0 Å². The second-order valence-corrected chi connectivity index (χ2v) is 5.01. The van der Waals surface area contributed by atoms with Gasteiger partial charge in [-0.25, -0.2) is 0 Å². The molecule has 1 unspecified atom stereocenters. The van der Waals surface area contributed by atoms with Crippen molar-refractivity contribution in [2.45, 2.75) is 39.0 Å². The van der Waals surface area contributed by atoms with Gasteiger partial charge in [0.25, 0.3) is 0 Å². The summed E-state index contributed by atoms with van der Waals surface area (Å²) >= 11 is 0. The van der Waals surface area contributed by atoms with E-state index in [0.717, 1.165) is 31.2 Å². The number of carbonyl (C=O) groups excluding carboxylic acids is 1. The summed E-state index contributed by atoms with van der Waals surface area (Å²) in [4.78, 5) is 11.7. The molecular formula is C14H26N4O. The number of rotatable bonds is 9. The molecule has 0 spiro atoms. The fraction of sp³-hybridized carbons (Fsp3) is 0.714. The lowest BCUT2D eigenvalue weighted by Crippen LogP contribution is -2.26. The van der Waals surface area contributed by atoms with Crippen LogP contribution in [0.5, 0.6) is 0 Å². The van der Waals surface area contributed by atoms with E-state index in [-0.39, 0.29) is 5.91 Å². The number of hydrogen-bond donors (Lipinski definition) is 2. The van der Waals surface area contributed by atoms with Crippen molar-refractivity contribution in [1.29, 1.82) is 0 Å². The highest BCUT2D eigenvalue weighted by atomic mass is 16.1. The minimum atomic E-state index is 0.138. The highest BCUT2D eigenvalue weighted by molar-refractivity contribution is 5.75. The van der Waals surface area contributed by atoms with Crippen molar-refractivity contribution < 1.29 is 4.79 Å². The molecule has 1 aromatic heterocycles. The average Bonchev–Trinajstić information content (AvgIpc) is 2.80. The van der Waals surface area contributed by atoms with Crippen molar-refractivity contribution in [3.8, 4) is 0 Å². The van der Waals surface area contributed by atoms with Crippen molar-refractivity contribution in [3.05, 3.63) is 18.0 Å². The molecule has 0 radical (unpaired) electrons. The molecule has 19 heavy (non-hydrogen) atoms. The molecule has 1 amide bonds. The number of nitrogens with two attached hydrogens (primary N) is 1. The molecule has 1 atom stereocenters. The molecule has 0 aromatic carbocycles. The maximum absolute atomic E-state index is 11.7. The molecule has 1 rings (SSSR count). The average molecular weight is 266 g/mol. The Bertz CT molecular complexity index is 375. The predicted octanol–water partition coefficient (Wildman–Crippen LogP) is 1.23. The van der Waals surface area contributed by atoms with Gasteiger partial charge in [0.1, 0.15) is 0 Å². The molecule has 1 heterocycles. The third kappa shape index (κ3) is 6.38. The summed E-state index contributed by atoms with van der Waals surface area (Å²) in [6, 6.07) is 0. The van der Waals surface area contributed by atoms with Crippen LogP contribution in [0.15, 0.2) is 12.4 Å². The van der Waals surface area contributed by atoms with Gasteiger partial charge in [0.15, 0.2) is 0 Å². The Morgan fingerprint density at radius 2 is 2.32 bits per heavy atom. The summed E-state index contributed by atoms with van der Waals surface area (Å²) in [5.74, 6) is 0.716. The number of aryl methyl sites for hydroxylation is 1. The number of carbonyl (C=O) groups is 1. The van der Waals surface area contributed by atoms with E-state index in [1.54, 1.807) is 4.68 Å². The zero-order valence-electron chi connectivity index (χ0n) is 12.1. The van der Waals surface area contributed by atoms with Gasteiger partial charge in [0.2, 0.25) is 5.91 Å². The Morgan fingerprint density at radius 1 is 1.53 bits per heavy atom. The molecule has 0 aliphatic rings. The van der Waals surface area contributed by atoms with E-state index in [1.807, 2.05) is 19.4 Å². The zero-order chi connectivity index (χ0) is 14.1. The van der Waals surface area contributed by atoms with Crippen LogP contribution >= 0.6 is 0 Å². The van der Waals surface area contributed by atoms with E-state index in [9.17, 15) is 4.79 Å². The summed E-state index contributed by atoms with van der Waals surface area (Å²) < 4.78 is 1.77. The SMILES string of the molecule is CCC(CCN)CCC(=O)NCCc1cnn(C)c1. The van der Waals surface area contributed by atoms with Crippen LogP contribution in [-0.2, 0) is 18.3 Å². The molecule has 0 fully saturated rings. The third-order valence-corrected chi connectivity index (χ3v) is 3.43. The maximum Gasteiger partial charge on any atom is 0.220 e. The number of nitrogens with one attached hydrogen (secondary N) is 1. The number of amides is 1. The third-order valence-electron chi connectivity index (χ3n) is 3.43. The largest absolute Gasteiger partial charge is 0.356 e. The lowest BCUT2D eigenvalue weighted by atomic mass is 9.96. The number of hydrogen-bond acceptors (Lipinski definition) is 3. The summed E-state index contributed by atoms with van der Waals surface area (Å²) in [7, 11) is 1.89. The molecule has 0 aliphatic carbocycles. The second kappa shape index (κ2) is 8.69. The van der Waals surface area contributed by atoms with E-state index in [4.69, 9.17) is 5.73 Å². The Balaban J connectivity index is 2.14. The van der Waals surface area contributed by atoms with Crippen LogP contribution in [-0.4, -0.2) is 28.8 Å². The molecule has 108 valence electrons. The zero-order valence-corrected chi connectivity index (χ0v) is 12.1. The molecule has 0 saturated heterocycles. The minimum absolute atomic E-state index is 0.138. The smallest absolute Gasteiger partial charge is 0.220 e. The normalized spacial score (nSPS) is 12.4. The number of aromatic nitrogens is 2. The van der Waals surface area contributed by atoms with Crippen LogP contribution in [0.2, 0.25) is 0 Å². The van der Waals surface area contributed by atoms with Crippen molar-refractivity contribution in [1.82, 2.24) is 15.1 Å². The van der Waals surface area contributed by atoms with E-state index >= 15 is 0 Å². The molecule has 5 nitrogen and oxygen atoms in total. The topological polar surface area (TPSA) is 72.9 Å². The Kier molecular flexibility index (Phi) is 7.18. The van der Waals surface area contributed by atoms with Crippen molar-refractivity contribution in [3.63, 3.8) is 0 Å². The van der Waals surface area contributed by atoms with Crippen LogP contribution in [0.4, 0.5) is 0 Å². The van der Waals surface area contributed by atoms with Gasteiger partial charge in [0, 0.05) is 26.2 Å². The van der Waals surface area contributed by atoms with E-state index in [1.165, 1.54) is 0 Å². The van der Waals surface area contributed by atoms with Crippen molar-refractivity contribution >= 4 is 5.91 Å². The monoisotopic (exact) mass is 266 g/mol. The van der Waals surface area contributed by atoms with Crippen LogP contribution in [0.3, 0.4) is 0 Å². The Labute approximate surface area is 115 Å². The lowest BCUT2D eigenvalue weighted by molar-refractivity contribution is -0.121. The standard InChI is InChI=1S/C14H26N4O/c1-3-12(6-8-15)4-5-14(19)16-9-7-13-10-17-18(2)11-13/h10-12H,3-9,15H2,1-2H3,(H,16,19). The summed E-state index contributed by atoms with van der Waals surface area (Å²) in [6.07, 6.45) is 8.29. The number of nitrogens with zero attached hydrogens (tertiary/aromatic N) is 2. The van der Waals surface area contributed by atoms with Crippen molar-refractivity contribution in [2.75, 3.05) is 13.1 Å². The molecule has 0 aliphatic heterocycles. The minimum Gasteiger partial charge on any atom is -0.356 e. The van der Waals surface area contributed by atoms with Crippen LogP contribution in [0.1, 0.15) is 38.2 Å². The first-order chi connectivity index (χ1) is 9.15. The molecule has 3 N–H and O–H groups in total. The van der Waals surface area contributed by atoms with Crippen LogP contribution in [0, 0.1) is 5.92 Å².